The molecule has 0 aliphatic rings. The minimum Gasteiger partial charge on any atom is -0.496 e. The summed E-state index contributed by atoms with van der Waals surface area (Å²) in [5.41, 5.74) is 0.874. The van der Waals surface area contributed by atoms with Crippen molar-refractivity contribution in [2.24, 2.45) is 0 Å². The fourth-order valence-corrected chi connectivity index (χ4v) is 2.54. The molecule has 0 fully saturated rings. The molecule has 5 nitrogen and oxygen atoms in total. The van der Waals surface area contributed by atoms with E-state index in [1.54, 1.807) is 30.3 Å². The first-order valence-electron chi connectivity index (χ1n) is 6.94. The van der Waals surface area contributed by atoms with Crippen molar-refractivity contribution in [3.8, 4) is 5.75 Å². The van der Waals surface area contributed by atoms with Crippen LogP contribution in [-0.2, 0) is 9.53 Å². The van der Waals surface area contributed by atoms with Gasteiger partial charge in [0.1, 0.15) is 5.75 Å². The highest BCUT2D eigenvalue weighted by molar-refractivity contribution is 9.10. The number of methoxy groups -OCH3 is 2. The summed E-state index contributed by atoms with van der Waals surface area (Å²) in [6.45, 7) is 0. The van der Waals surface area contributed by atoms with Crippen LogP contribution in [-0.4, -0.2) is 26.1 Å². The van der Waals surface area contributed by atoms with Crippen molar-refractivity contribution >= 4 is 39.4 Å². The topological polar surface area (TPSA) is 64.6 Å². The molecule has 0 saturated carbocycles. The zero-order chi connectivity index (χ0) is 17.7. The summed E-state index contributed by atoms with van der Waals surface area (Å²) >= 11 is 9.23. The molecule has 0 bridgehead atoms. The van der Waals surface area contributed by atoms with Crippen LogP contribution in [0.15, 0.2) is 46.9 Å². The lowest BCUT2D eigenvalue weighted by Gasteiger charge is -2.18. The lowest BCUT2D eigenvalue weighted by Crippen LogP contribution is -2.34. The molecule has 2 rings (SSSR count). The second-order valence-electron chi connectivity index (χ2n) is 4.83. The van der Waals surface area contributed by atoms with Crippen LogP contribution in [0.4, 0.5) is 0 Å². The molecule has 7 heteroatoms. The Labute approximate surface area is 153 Å². The summed E-state index contributed by atoms with van der Waals surface area (Å²) in [6, 6.07) is 10.7. The standard InChI is InChI=1S/C17H15BrClNO4/c1-23-14-9-12(19)7-8-13(14)16(21)20-15(17(22)24-2)10-3-5-11(18)6-4-10/h3-9,15H,1-2H3,(H,20,21). The first-order chi connectivity index (χ1) is 11.5. The van der Waals surface area contributed by atoms with Gasteiger partial charge in [-0.25, -0.2) is 4.79 Å². The van der Waals surface area contributed by atoms with Gasteiger partial charge >= 0.3 is 5.97 Å². The summed E-state index contributed by atoms with van der Waals surface area (Å²) in [4.78, 5) is 24.6. The van der Waals surface area contributed by atoms with Crippen LogP contribution in [0.1, 0.15) is 22.0 Å². The lowest BCUT2D eigenvalue weighted by atomic mass is 10.1. The number of carbonyl (C=O) groups is 2. The fraction of sp³-hybridized carbons (Fsp3) is 0.176. The van der Waals surface area contributed by atoms with Crippen molar-refractivity contribution in [2.75, 3.05) is 14.2 Å². The fourth-order valence-electron chi connectivity index (χ4n) is 2.11. The third-order valence-corrected chi connectivity index (χ3v) is 4.09. The van der Waals surface area contributed by atoms with Crippen LogP contribution in [0.3, 0.4) is 0 Å². The van der Waals surface area contributed by atoms with Gasteiger partial charge in [-0.2, -0.15) is 0 Å². The minimum absolute atomic E-state index is 0.271. The summed E-state index contributed by atoms with van der Waals surface area (Å²) in [5.74, 6) is -0.722. The maximum atomic E-state index is 12.6. The van der Waals surface area contributed by atoms with E-state index in [1.807, 2.05) is 0 Å². The second-order valence-corrected chi connectivity index (χ2v) is 6.18. The first-order valence-corrected chi connectivity index (χ1v) is 8.11. The van der Waals surface area contributed by atoms with Crippen LogP contribution in [0.2, 0.25) is 5.02 Å². The third kappa shape index (κ3) is 4.27. The van der Waals surface area contributed by atoms with Crippen molar-refractivity contribution in [1.29, 1.82) is 0 Å². The van der Waals surface area contributed by atoms with Gasteiger partial charge in [0.2, 0.25) is 0 Å². The molecule has 0 aliphatic heterocycles. The molecule has 0 radical (unpaired) electrons. The largest absolute Gasteiger partial charge is 0.496 e. The Morgan fingerprint density at radius 2 is 1.79 bits per heavy atom. The van der Waals surface area contributed by atoms with Crippen molar-refractivity contribution in [3.05, 3.63) is 63.1 Å². The smallest absolute Gasteiger partial charge is 0.333 e. The SMILES string of the molecule is COC(=O)C(NC(=O)c1ccc(Cl)cc1OC)c1ccc(Br)cc1. The molecule has 2 aromatic carbocycles. The van der Waals surface area contributed by atoms with Gasteiger partial charge in [0, 0.05) is 9.50 Å². The van der Waals surface area contributed by atoms with Crippen molar-refractivity contribution in [2.45, 2.75) is 6.04 Å². The molecule has 1 atom stereocenters. The highest BCUT2D eigenvalue weighted by atomic mass is 79.9. The molecular formula is C17H15BrClNO4. The number of carbonyl (C=O) groups excluding carboxylic acids is 2. The maximum Gasteiger partial charge on any atom is 0.333 e. The lowest BCUT2D eigenvalue weighted by molar-refractivity contribution is -0.143. The first kappa shape index (κ1) is 18.3. The highest BCUT2D eigenvalue weighted by Gasteiger charge is 2.25. The number of hydrogen-bond donors (Lipinski definition) is 1. The average Bonchev–Trinajstić information content (AvgIpc) is 2.59. The molecule has 1 amide bonds. The molecule has 1 N–H and O–H groups in total. The second kappa shape index (κ2) is 8.17. The summed E-state index contributed by atoms with van der Waals surface area (Å²) in [6.07, 6.45) is 0. The number of esters is 1. The van der Waals surface area contributed by atoms with Crippen LogP contribution in [0.5, 0.6) is 5.75 Å². The summed E-state index contributed by atoms with van der Waals surface area (Å²) in [5, 5.41) is 3.11. The van der Waals surface area contributed by atoms with E-state index in [9.17, 15) is 9.59 Å². The Bertz CT molecular complexity index is 749. The van der Waals surface area contributed by atoms with Gasteiger partial charge < -0.3 is 14.8 Å². The molecular weight excluding hydrogens is 398 g/mol. The molecule has 1 unspecified atom stereocenters. The van der Waals surface area contributed by atoms with E-state index in [1.165, 1.54) is 26.4 Å². The van der Waals surface area contributed by atoms with E-state index in [0.29, 0.717) is 16.3 Å². The predicted octanol–water partition coefficient (Wildman–Crippen LogP) is 3.76. The Kier molecular flexibility index (Phi) is 6.23. The normalized spacial score (nSPS) is 11.5. The Hall–Kier alpha value is -2.05. The van der Waals surface area contributed by atoms with E-state index in [4.69, 9.17) is 21.1 Å². The molecule has 0 aromatic heterocycles. The molecule has 24 heavy (non-hydrogen) atoms. The summed E-state index contributed by atoms with van der Waals surface area (Å²) < 4.78 is 10.8. The van der Waals surface area contributed by atoms with E-state index >= 15 is 0 Å². The van der Waals surface area contributed by atoms with Gasteiger partial charge in [-0.1, -0.05) is 39.7 Å². The number of amides is 1. The van der Waals surface area contributed by atoms with Gasteiger partial charge in [-0.15, -0.1) is 0 Å². The minimum atomic E-state index is -0.934. The van der Waals surface area contributed by atoms with E-state index in [0.717, 1.165) is 4.47 Å². The van der Waals surface area contributed by atoms with Crippen LogP contribution in [0, 0.1) is 0 Å². The quantitative estimate of drug-likeness (QED) is 0.760. The van der Waals surface area contributed by atoms with Gasteiger partial charge in [-0.3, -0.25) is 4.79 Å². The molecule has 0 spiro atoms. The molecule has 126 valence electrons. The number of ether oxygens (including phenoxy) is 2. The van der Waals surface area contributed by atoms with E-state index < -0.39 is 17.9 Å². The van der Waals surface area contributed by atoms with E-state index in [-0.39, 0.29) is 5.56 Å². The van der Waals surface area contributed by atoms with Gasteiger partial charge in [0.05, 0.1) is 19.8 Å². The molecule has 0 aliphatic carbocycles. The van der Waals surface area contributed by atoms with Crippen LogP contribution in [0.25, 0.3) is 0 Å². The molecule has 0 heterocycles. The Morgan fingerprint density at radius 1 is 1.12 bits per heavy atom. The predicted molar refractivity (Wildman–Crippen MR) is 94.4 cm³/mol. The zero-order valence-electron chi connectivity index (χ0n) is 13.0. The number of halogens is 2. The average molecular weight is 413 g/mol. The van der Waals surface area contributed by atoms with Crippen LogP contribution >= 0.6 is 27.5 Å². The van der Waals surface area contributed by atoms with Crippen molar-refractivity contribution < 1.29 is 19.1 Å². The highest BCUT2D eigenvalue weighted by Crippen LogP contribution is 2.25. The molecule has 2 aromatic rings. The molecule has 0 saturated heterocycles. The van der Waals surface area contributed by atoms with Crippen molar-refractivity contribution in [1.82, 2.24) is 5.32 Å². The maximum absolute atomic E-state index is 12.6. The number of benzene rings is 2. The van der Waals surface area contributed by atoms with Crippen LogP contribution < -0.4 is 10.1 Å². The van der Waals surface area contributed by atoms with Gasteiger partial charge in [0.25, 0.3) is 5.91 Å². The number of hydrogen-bond acceptors (Lipinski definition) is 4. The number of nitrogens with one attached hydrogen (secondary N) is 1. The third-order valence-electron chi connectivity index (χ3n) is 3.32. The van der Waals surface area contributed by atoms with Gasteiger partial charge in [0.15, 0.2) is 6.04 Å². The Morgan fingerprint density at radius 3 is 2.38 bits per heavy atom. The summed E-state index contributed by atoms with van der Waals surface area (Å²) in [7, 11) is 2.71. The van der Waals surface area contributed by atoms with Gasteiger partial charge in [-0.05, 0) is 35.9 Å². The van der Waals surface area contributed by atoms with E-state index in [2.05, 4.69) is 21.2 Å². The zero-order valence-corrected chi connectivity index (χ0v) is 15.3. The van der Waals surface area contributed by atoms with Crippen molar-refractivity contribution in [3.63, 3.8) is 0 Å². The Balaban J connectivity index is 2.31. The number of rotatable bonds is 5. The monoisotopic (exact) mass is 411 g/mol.